The summed E-state index contributed by atoms with van der Waals surface area (Å²) in [4.78, 5) is 30.5. The number of carboxylic acid groups (broad SMARTS) is 1. The predicted molar refractivity (Wildman–Crippen MR) is 115 cm³/mol. The summed E-state index contributed by atoms with van der Waals surface area (Å²) in [6.45, 7) is 3.48. The lowest BCUT2D eigenvalue weighted by molar-refractivity contribution is -0.146. The Kier molecular flexibility index (Phi) is 5.92. The van der Waals surface area contributed by atoms with Crippen LogP contribution in [0.5, 0.6) is 5.75 Å². The third-order valence-electron chi connectivity index (χ3n) is 4.27. The van der Waals surface area contributed by atoms with Gasteiger partial charge in [-0.15, -0.1) is 0 Å². The van der Waals surface area contributed by atoms with Gasteiger partial charge in [0.1, 0.15) is 21.6 Å². The number of carboxylic acids is 1. The van der Waals surface area contributed by atoms with E-state index >= 15 is 0 Å². The van der Waals surface area contributed by atoms with Gasteiger partial charge in [0.25, 0.3) is 5.91 Å². The number of hydrogen-bond acceptors (Lipinski definition) is 6. The van der Waals surface area contributed by atoms with E-state index in [0.717, 1.165) is 22.0 Å². The molecule has 1 aromatic heterocycles. The number of aromatic nitrogens is 1. The zero-order valence-corrected chi connectivity index (χ0v) is 17.7. The Labute approximate surface area is 176 Å². The molecule has 1 atom stereocenters. The maximum atomic E-state index is 12.8. The van der Waals surface area contributed by atoms with Crippen LogP contribution in [0.15, 0.2) is 29.2 Å². The van der Waals surface area contributed by atoms with E-state index < -0.39 is 17.9 Å². The van der Waals surface area contributed by atoms with Gasteiger partial charge in [0.2, 0.25) is 0 Å². The molecule has 2 heterocycles. The number of hydrogen-bond donors (Lipinski definition) is 1. The fraction of sp³-hybridized carbons (Fsp3) is 0.263. The normalized spacial score (nSPS) is 17.0. The Morgan fingerprint density at radius 1 is 1.36 bits per heavy atom. The van der Waals surface area contributed by atoms with Gasteiger partial charge in [-0.1, -0.05) is 49.4 Å². The maximum absolute atomic E-state index is 12.8. The molecule has 3 rings (SSSR count). The van der Waals surface area contributed by atoms with Crippen LogP contribution in [0.2, 0.25) is 5.02 Å². The number of aliphatic carboxylic acids is 1. The van der Waals surface area contributed by atoms with Gasteiger partial charge in [-0.25, -0.2) is 9.78 Å². The lowest BCUT2D eigenvalue weighted by Gasteiger charge is -2.26. The van der Waals surface area contributed by atoms with Crippen LogP contribution in [0.1, 0.15) is 19.5 Å². The summed E-state index contributed by atoms with van der Waals surface area (Å²) in [5, 5.41) is 10.8. The summed E-state index contributed by atoms with van der Waals surface area (Å²) in [6, 6.07) is 5.97. The highest BCUT2D eigenvalue weighted by Gasteiger charge is 2.41. The number of ether oxygens (including phenoxy) is 1. The molecular formula is C19H17ClN2O4S2. The van der Waals surface area contributed by atoms with E-state index in [1.807, 2.05) is 0 Å². The van der Waals surface area contributed by atoms with Gasteiger partial charge in [0.05, 0.1) is 22.7 Å². The van der Waals surface area contributed by atoms with Gasteiger partial charge in [0, 0.05) is 5.39 Å². The van der Waals surface area contributed by atoms with Crippen molar-refractivity contribution in [2.24, 2.45) is 5.92 Å². The van der Waals surface area contributed by atoms with Crippen LogP contribution in [-0.4, -0.2) is 44.3 Å². The summed E-state index contributed by atoms with van der Waals surface area (Å²) >= 11 is 12.5. The number of amides is 1. The molecule has 6 nitrogen and oxygen atoms in total. The summed E-state index contributed by atoms with van der Waals surface area (Å²) in [5.74, 6) is -1.25. The lowest BCUT2D eigenvalue weighted by Crippen LogP contribution is -2.47. The highest BCUT2D eigenvalue weighted by atomic mass is 35.5. The first kappa shape index (κ1) is 20.6. The van der Waals surface area contributed by atoms with Crippen molar-refractivity contribution in [3.05, 3.63) is 39.9 Å². The van der Waals surface area contributed by atoms with E-state index in [9.17, 15) is 14.7 Å². The monoisotopic (exact) mass is 436 g/mol. The Morgan fingerprint density at radius 2 is 2.07 bits per heavy atom. The minimum Gasteiger partial charge on any atom is -0.494 e. The van der Waals surface area contributed by atoms with Gasteiger partial charge >= 0.3 is 5.97 Å². The molecule has 28 heavy (non-hydrogen) atoms. The fourth-order valence-electron chi connectivity index (χ4n) is 2.97. The lowest BCUT2D eigenvalue weighted by atomic mass is 10.0. The average molecular weight is 437 g/mol. The topological polar surface area (TPSA) is 79.7 Å². The molecule has 0 unspecified atom stereocenters. The molecule has 1 saturated heterocycles. The second-order valence-electron chi connectivity index (χ2n) is 6.46. The molecule has 146 valence electrons. The highest BCUT2D eigenvalue weighted by Crippen LogP contribution is 2.36. The minimum atomic E-state index is -1.09. The Bertz CT molecular complexity index is 1020. The van der Waals surface area contributed by atoms with Crippen LogP contribution in [-0.2, 0) is 9.59 Å². The number of carbonyl (C=O) groups excluding carboxylic acids is 1. The SMILES string of the molecule is COc1ccc(Cl)c2ccc(/C=C3\SC(=S)N([C@H](C(=O)O)C(C)C)C3=O)nc12. The first-order valence-electron chi connectivity index (χ1n) is 8.37. The molecule has 0 spiro atoms. The number of benzene rings is 1. The number of thioether (sulfide) groups is 1. The average Bonchev–Trinajstić information content (AvgIpc) is 2.89. The first-order valence-corrected chi connectivity index (χ1v) is 9.98. The quantitative estimate of drug-likeness (QED) is 0.555. The third kappa shape index (κ3) is 3.72. The molecule has 0 bridgehead atoms. The van der Waals surface area contributed by atoms with Crippen LogP contribution in [0.3, 0.4) is 0 Å². The van der Waals surface area contributed by atoms with E-state index in [1.54, 1.807) is 51.3 Å². The number of fused-ring (bicyclic) bond motifs is 1. The fourth-order valence-corrected chi connectivity index (χ4v) is 4.49. The van der Waals surface area contributed by atoms with Crippen molar-refractivity contribution in [3.8, 4) is 5.75 Å². The van der Waals surface area contributed by atoms with Crippen molar-refractivity contribution in [1.29, 1.82) is 0 Å². The third-order valence-corrected chi connectivity index (χ3v) is 5.93. The molecule has 1 amide bonds. The Morgan fingerprint density at radius 3 is 2.68 bits per heavy atom. The zero-order chi connectivity index (χ0) is 20.6. The van der Waals surface area contributed by atoms with Gasteiger partial charge in [-0.05, 0) is 36.3 Å². The number of nitrogens with zero attached hydrogens (tertiary/aromatic N) is 2. The molecule has 1 aliphatic rings. The largest absolute Gasteiger partial charge is 0.494 e. The molecule has 1 N–H and O–H groups in total. The van der Waals surface area contributed by atoms with Crippen molar-refractivity contribution in [1.82, 2.24) is 9.88 Å². The van der Waals surface area contributed by atoms with Gasteiger partial charge in [0.15, 0.2) is 0 Å². The zero-order valence-electron chi connectivity index (χ0n) is 15.3. The van der Waals surface area contributed by atoms with Gasteiger partial charge in [-0.3, -0.25) is 9.69 Å². The van der Waals surface area contributed by atoms with E-state index in [1.165, 1.54) is 0 Å². The smallest absolute Gasteiger partial charge is 0.327 e. The van der Waals surface area contributed by atoms with Gasteiger partial charge < -0.3 is 9.84 Å². The van der Waals surface area contributed by atoms with Crippen molar-refractivity contribution in [2.45, 2.75) is 19.9 Å². The minimum absolute atomic E-state index is 0.221. The van der Waals surface area contributed by atoms with E-state index in [4.69, 9.17) is 28.6 Å². The summed E-state index contributed by atoms with van der Waals surface area (Å²) in [6.07, 6.45) is 1.60. The number of thiocarbonyl (C=S) groups is 1. The van der Waals surface area contributed by atoms with Gasteiger partial charge in [-0.2, -0.15) is 0 Å². The van der Waals surface area contributed by atoms with Crippen molar-refractivity contribution in [3.63, 3.8) is 0 Å². The molecular weight excluding hydrogens is 420 g/mol. The number of halogens is 1. The molecule has 1 fully saturated rings. The van der Waals surface area contributed by atoms with Crippen LogP contribution in [0.4, 0.5) is 0 Å². The number of rotatable bonds is 5. The highest BCUT2D eigenvalue weighted by molar-refractivity contribution is 8.26. The Hall–Kier alpha value is -2.16. The van der Waals surface area contributed by atoms with E-state index in [-0.39, 0.29) is 10.2 Å². The second-order valence-corrected chi connectivity index (χ2v) is 8.54. The number of pyridine rings is 1. The Balaban J connectivity index is 2.01. The molecule has 2 aromatic rings. The molecule has 0 aliphatic carbocycles. The molecule has 1 aromatic carbocycles. The number of methoxy groups -OCH3 is 1. The first-order chi connectivity index (χ1) is 13.2. The van der Waals surface area contributed by atoms with Crippen molar-refractivity contribution in [2.75, 3.05) is 7.11 Å². The summed E-state index contributed by atoms with van der Waals surface area (Å²) in [5.41, 5.74) is 1.09. The standard InChI is InChI=1S/C19H17ClN2O4S2/c1-9(2)16(18(24)25)22-17(23)14(28-19(22)27)8-10-4-5-11-12(20)6-7-13(26-3)15(11)21-10/h4-9,16H,1-3H3,(H,24,25)/b14-8-/t16-/m0/s1. The number of carbonyl (C=O) groups is 2. The second kappa shape index (κ2) is 8.06. The van der Waals surface area contributed by atoms with Crippen LogP contribution >= 0.6 is 35.6 Å². The van der Waals surface area contributed by atoms with Crippen LogP contribution in [0.25, 0.3) is 17.0 Å². The van der Waals surface area contributed by atoms with Crippen molar-refractivity contribution < 1.29 is 19.4 Å². The van der Waals surface area contributed by atoms with Crippen LogP contribution < -0.4 is 4.74 Å². The van der Waals surface area contributed by atoms with E-state index in [2.05, 4.69) is 4.98 Å². The van der Waals surface area contributed by atoms with Crippen molar-refractivity contribution >= 4 is 68.8 Å². The maximum Gasteiger partial charge on any atom is 0.327 e. The van der Waals surface area contributed by atoms with E-state index in [0.29, 0.717) is 26.9 Å². The predicted octanol–water partition coefficient (Wildman–Crippen LogP) is 4.21. The molecule has 0 radical (unpaired) electrons. The molecule has 9 heteroatoms. The molecule has 1 aliphatic heterocycles. The molecule has 0 saturated carbocycles. The summed E-state index contributed by atoms with van der Waals surface area (Å²) in [7, 11) is 1.54. The van der Waals surface area contributed by atoms with Crippen LogP contribution in [0, 0.1) is 5.92 Å². The summed E-state index contributed by atoms with van der Waals surface area (Å²) < 4.78 is 5.56.